The summed E-state index contributed by atoms with van der Waals surface area (Å²) in [6.07, 6.45) is 1.43. The van der Waals surface area contributed by atoms with E-state index >= 15 is 0 Å². The van der Waals surface area contributed by atoms with Gasteiger partial charge in [-0.3, -0.25) is 4.79 Å². The van der Waals surface area contributed by atoms with Crippen LogP contribution in [0.15, 0.2) is 30.6 Å². The molecule has 0 saturated carbocycles. The zero-order valence-corrected chi connectivity index (χ0v) is 12.3. The molecule has 3 aromatic rings. The van der Waals surface area contributed by atoms with E-state index in [0.717, 1.165) is 11.3 Å². The molecule has 2 heterocycles. The molecule has 0 fully saturated rings. The number of hydrogen-bond acceptors (Lipinski definition) is 7. The molecule has 3 rings (SSSR count). The van der Waals surface area contributed by atoms with Crippen molar-refractivity contribution in [2.75, 3.05) is 11.9 Å². The Morgan fingerprint density at radius 1 is 1.32 bits per heavy atom. The molecule has 2 aromatic heterocycles. The van der Waals surface area contributed by atoms with Gasteiger partial charge in [-0.2, -0.15) is 4.52 Å². The van der Waals surface area contributed by atoms with Gasteiger partial charge in [0, 0.05) is 5.69 Å². The van der Waals surface area contributed by atoms with Crippen molar-refractivity contribution in [1.82, 2.24) is 19.8 Å². The van der Waals surface area contributed by atoms with Crippen molar-refractivity contribution in [2.45, 2.75) is 6.92 Å². The first-order chi connectivity index (χ1) is 10.7. The molecule has 1 aromatic carbocycles. The number of carbonyl (C=O) groups is 2. The van der Waals surface area contributed by atoms with Crippen molar-refractivity contribution in [2.24, 2.45) is 0 Å². The Kier molecular flexibility index (Phi) is 3.79. The van der Waals surface area contributed by atoms with Crippen LogP contribution in [0.1, 0.15) is 27.1 Å². The van der Waals surface area contributed by atoms with Crippen molar-refractivity contribution < 1.29 is 14.3 Å². The molecule has 112 valence electrons. The van der Waals surface area contributed by atoms with Crippen LogP contribution in [0.5, 0.6) is 0 Å². The molecular weight excluding hydrogens is 306 g/mol. The third-order valence-electron chi connectivity index (χ3n) is 2.73. The summed E-state index contributed by atoms with van der Waals surface area (Å²) in [5.74, 6) is -0.742. The van der Waals surface area contributed by atoms with Crippen molar-refractivity contribution in [3.63, 3.8) is 0 Å². The van der Waals surface area contributed by atoms with E-state index in [0.29, 0.717) is 22.8 Å². The first kappa shape index (κ1) is 14.1. The lowest BCUT2D eigenvalue weighted by Gasteiger charge is -2.04. The number of esters is 1. The zero-order valence-electron chi connectivity index (χ0n) is 11.5. The second kappa shape index (κ2) is 5.90. The van der Waals surface area contributed by atoms with Crippen LogP contribution in [0.25, 0.3) is 4.96 Å². The number of rotatable bonds is 4. The summed E-state index contributed by atoms with van der Waals surface area (Å²) in [4.78, 5) is 24.2. The summed E-state index contributed by atoms with van der Waals surface area (Å²) in [5.41, 5.74) is 0.989. The summed E-state index contributed by atoms with van der Waals surface area (Å²) in [7, 11) is 0. The van der Waals surface area contributed by atoms with E-state index in [2.05, 4.69) is 20.6 Å². The molecule has 0 unspecified atom stereocenters. The molecule has 0 aliphatic heterocycles. The van der Waals surface area contributed by atoms with Gasteiger partial charge in [-0.05, 0) is 31.2 Å². The fraction of sp³-hybridized carbons (Fsp3) is 0.154. The topological polar surface area (TPSA) is 98.5 Å². The second-order valence-corrected chi connectivity index (χ2v) is 5.17. The number of ether oxygens (including phenoxy) is 1. The maximum absolute atomic E-state index is 12.1. The van der Waals surface area contributed by atoms with Gasteiger partial charge in [0.25, 0.3) is 5.91 Å². The first-order valence-electron chi connectivity index (χ1n) is 6.42. The van der Waals surface area contributed by atoms with Crippen molar-refractivity contribution in [1.29, 1.82) is 0 Å². The Labute approximate surface area is 128 Å². The predicted octanol–water partition coefficient (Wildman–Crippen LogP) is 1.61. The lowest BCUT2D eigenvalue weighted by molar-refractivity contribution is 0.0526. The minimum atomic E-state index is -0.394. The van der Waals surface area contributed by atoms with E-state index in [9.17, 15) is 9.59 Å². The summed E-state index contributed by atoms with van der Waals surface area (Å²) in [5, 5.41) is 14.5. The Hall–Kier alpha value is -2.81. The lowest BCUT2D eigenvalue weighted by atomic mass is 10.2. The molecule has 22 heavy (non-hydrogen) atoms. The number of anilines is 1. The maximum atomic E-state index is 12.1. The number of nitrogens with one attached hydrogen (secondary N) is 1. The quantitative estimate of drug-likeness (QED) is 0.734. The van der Waals surface area contributed by atoms with Crippen LogP contribution in [0.3, 0.4) is 0 Å². The number of fused-ring (bicyclic) bond motifs is 1. The zero-order chi connectivity index (χ0) is 15.5. The van der Waals surface area contributed by atoms with Crippen molar-refractivity contribution in [3.05, 3.63) is 41.2 Å². The van der Waals surface area contributed by atoms with Gasteiger partial charge >= 0.3 is 5.97 Å². The number of amides is 1. The van der Waals surface area contributed by atoms with Crippen LogP contribution in [-0.4, -0.2) is 38.3 Å². The van der Waals surface area contributed by atoms with E-state index in [1.807, 2.05) is 0 Å². The summed E-state index contributed by atoms with van der Waals surface area (Å²) >= 11 is 1.14. The molecule has 0 aliphatic carbocycles. The van der Waals surface area contributed by atoms with Crippen molar-refractivity contribution in [3.8, 4) is 0 Å². The molecule has 0 atom stereocenters. The fourth-order valence-corrected chi connectivity index (χ4v) is 2.46. The van der Waals surface area contributed by atoms with E-state index in [1.54, 1.807) is 31.2 Å². The third kappa shape index (κ3) is 2.79. The Morgan fingerprint density at radius 3 is 2.77 bits per heavy atom. The number of hydrogen-bond donors (Lipinski definition) is 1. The number of carbonyl (C=O) groups excluding carboxylic acids is 2. The molecule has 9 heteroatoms. The lowest BCUT2D eigenvalue weighted by Crippen LogP contribution is -2.12. The van der Waals surface area contributed by atoms with E-state index in [1.165, 1.54) is 10.8 Å². The highest BCUT2D eigenvalue weighted by molar-refractivity contribution is 7.18. The molecule has 0 spiro atoms. The van der Waals surface area contributed by atoms with Gasteiger partial charge in [-0.25, -0.2) is 4.79 Å². The van der Waals surface area contributed by atoms with E-state index in [-0.39, 0.29) is 10.9 Å². The molecule has 0 radical (unpaired) electrons. The predicted molar refractivity (Wildman–Crippen MR) is 79.0 cm³/mol. The first-order valence-corrected chi connectivity index (χ1v) is 7.24. The van der Waals surface area contributed by atoms with Crippen LogP contribution < -0.4 is 5.32 Å². The van der Waals surface area contributed by atoms with Gasteiger partial charge in [-0.15, -0.1) is 15.3 Å². The van der Waals surface area contributed by atoms with Gasteiger partial charge in [0.15, 0.2) is 0 Å². The van der Waals surface area contributed by atoms with Crippen LogP contribution >= 0.6 is 11.3 Å². The van der Waals surface area contributed by atoms with Gasteiger partial charge < -0.3 is 10.1 Å². The number of aromatic nitrogens is 4. The Bertz CT molecular complexity index is 795. The van der Waals surface area contributed by atoms with Gasteiger partial charge in [0.05, 0.1) is 12.2 Å². The average Bonchev–Trinajstić information content (AvgIpc) is 3.09. The van der Waals surface area contributed by atoms with Gasteiger partial charge in [-0.1, -0.05) is 11.3 Å². The SMILES string of the molecule is CCOC(=O)c1ccc(NC(=O)c2nn3cnnc3s2)cc1. The van der Waals surface area contributed by atoms with E-state index < -0.39 is 5.97 Å². The summed E-state index contributed by atoms with van der Waals surface area (Å²) < 4.78 is 6.33. The van der Waals surface area contributed by atoms with Crippen LogP contribution in [0.4, 0.5) is 5.69 Å². The molecular formula is C13H11N5O3S. The summed E-state index contributed by atoms with van der Waals surface area (Å²) in [6.45, 7) is 2.06. The minimum absolute atomic E-state index is 0.277. The maximum Gasteiger partial charge on any atom is 0.338 e. The average molecular weight is 317 g/mol. The van der Waals surface area contributed by atoms with E-state index in [4.69, 9.17) is 4.74 Å². The molecule has 0 saturated heterocycles. The highest BCUT2D eigenvalue weighted by atomic mass is 32.1. The standard InChI is InChI=1S/C13H11N5O3S/c1-2-21-12(20)8-3-5-9(6-4-8)15-10(19)11-17-18-7-14-16-13(18)22-11/h3-7H,2H2,1H3,(H,15,19). The third-order valence-corrected chi connectivity index (χ3v) is 3.65. The molecule has 1 amide bonds. The highest BCUT2D eigenvalue weighted by Gasteiger charge is 2.14. The Morgan fingerprint density at radius 2 is 2.09 bits per heavy atom. The number of nitrogens with zero attached hydrogens (tertiary/aromatic N) is 4. The normalized spacial score (nSPS) is 10.6. The fourth-order valence-electron chi connectivity index (χ4n) is 1.74. The molecule has 0 bridgehead atoms. The molecule has 0 aliphatic rings. The highest BCUT2D eigenvalue weighted by Crippen LogP contribution is 2.15. The largest absolute Gasteiger partial charge is 0.462 e. The van der Waals surface area contributed by atoms with Crippen LogP contribution in [0, 0.1) is 0 Å². The van der Waals surface area contributed by atoms with Crippen LogP contribution in [0.2, 0.25) is 0 Å². The van der Waals surface area contributed by atoms with Gasteiger partial charge in [0.2, 0.25) is 9.97 Å². The van der Waals surface area contributed by atoms with Crippen LogP contribution in [-0.2, 0) is 4.74 Å². The summed E-state index contributed by atoms with van der Waals surface area (Å²) in [6, 6.07) is 6.44. The number of benzene rings is 1. The minimum Gasteiger partial charge on any atom is -0.462 e. The van der Waals surface area contributed by atoms with Crippen molar-refractivity contribution >= 4 is 33.9 Å². The monoisotopic (exact) mass is 317 g/mol. The second-order valence-electron chi connectivity index (χ2n) is 4.22. The Balaban J connectivity index is 1.71. The molecule has 1 N–H and O–H groups in total. The van der Waals surface area contributed by atoms with Gasteiger partial charge in [0.1, 0.15) is 6.33 Å². The molecule has 8 nitrogen and oxygen atoms in total. The smallest absolute Gasteiger partial charge is 0.338 e.